The van der Waals surface area contributed by atoms with Crippen molar-refractivity contribution >= 4 is 5.91 Å². The molecule has 2 fully saturated rings. The number of likely N-dealkylation sites (tertiary alicyclic amines) is 1. The molecule has 2 unspecified atom stereocenters. The van der Waals surface area contributed by atoms with Crippen molar-refractivity contribution in [1.29, 1.82) is 0 Å². The van der Waals surface area contributed by atoms with Gasteiger partial charge in [-0.25, -0.2) is 0 Å². The van der Waals surface area contributed by atoms with E-state index >= 15 is 0 Å². The van der Waals surface area contributed by atoms with Crippen LogP contribution in [0.15, 0.2) is 12.4 Å². The van der Waals surface area contributed by atoms with E-state index in [9.17, 15) is 4.79 Å². The van der Waals surface area contributed by atoms with Crippen LogP contribution in [0.25, 0.3) is 0 Å². The summed E-state index contributed by atoms with van der Waals surface area (Å²) in [4.78, 5) is 14.6. The number of nitrogens with zero attached hydrogens (tertiary/aromatic N) is 3. The number of amides is 1. The third kappa shape index (κ3) is 1.57. The Kier molecular flexibility index (Phi) is 2.48. The minimum atomic E-state index is -0.0684. The third-order valence-electron chi connectivity index (χ3n) is 4.56. The van der Waals surface area contributed by atoms with Crippen LogP contribution in [0.5, 0.6) is 0 Å². The second kappa shape index (κ2) is 3.82. The molecule has 3 rings (SSSR count). The Morgan fingerprint density at radius 3 is 2.89 bits per heavy atom. The van der Waals surface area contributed by atoms with Gasteiger partial charge in [0.05, 0.1) is 11.8 Å². The topological polar surface area (TPSA) is 50.2 Å². The van der Waals surface area contributed by atoms with Gasteiger partial charge in [0.1, 0.15) is 0 Å². The summed E-state index contributed by atoms with van der Waals surface area (Å²) in [5.74, 6) is 1.28. The Morgan fingerprint density at radius 1 is 1.50 bits per heavy atom. The van der Waals surface area contributed by atoms with Gasteiger partial charge >= 0.3 is 0 Å². The zero-order valence-electron chi connectivity index (χ0n) is 11.2. The molecule has 1 aromatic heterocycles. The second-order valence-electron chi connectivity index (χ2n) is 6.00. The van der Waals surface area contributed by atoms with Crippen molar-refractivity contribution in [3.63, 3.8) is 0 Å². The van der Waals surface area contributed by atoms with Gasteiger partial charge in [0.25, 0.3) is 5.91 Å². The third-order valence-corrected chi connectivity index (χ3v) is 4.56. The summed E-state index contributed by atoms with van der Waals surface area (Å²) in [5, 5.41) is 7.51. The number of carbonyl (C=O) groups is 1. The zero-order valence-corrected chi connectivity index (χ0v) is 11.2. The van der Waals surface area contributed by atoms with Crippen LogP contribution in [0.4, 0.5) is 0 Å². The average molecular weight is 248 g/mol. The Bertz CT molecular complexity index is 479. The Morgan fingerprint density at radius 2 is 2.28 bits per heavy atom. The van der Waals surface area contributed by atoms with Crippen LogP contribution >= 0.6 is 0 Å². The highest BCUT2D eigenvalue weighted by molar-refractivity contribution is 5.94. The summed E-state index contributed by atoms with van der Waals surface area (Å²) in [6, 6.07) is 0. The maximum absolute atomic E-state index is 12.6. The fourth-order valence-electron chi connectivity index (χ4n) is 3.45. The van der Waals surface area contributed by atoms with Crippen molar-refractivity contribution in [2.75, 3.05) is 19.6 Å². The van der Waals surface area contributed by atoms with Gasteiger partial charge in [0, 0.05) is 38.4 Å². The molecule has 2 atom stereocenters. The Hall–Kier alpha value is -1.36. The minimum absolute atomic E-state index is 0.0684. The fraction of sp³-hybridized carbons (Fsp3) is 0.692. The molecule has 0 radical (unpaired) electrons. The number of rotatable bonds is 1. The van der Waals surface area contributed by atoms with Gasteiger partial charge in [0.15, 0.2) is 0 Å². The molecule has 1 aromatic rings. The summed E-state index contributed by atoms with van der Waals surface area (Å²) >= 11 is 0. The van der Waals surface area contributed by atoms with E-state index < -0.39 is 0 Å². The predicted molar refractivity (Wildman–Crippen MR) is 68.2 cm³/mol. The summed E-state index contributed by atoms with van der Waals surface area (Å²) in [7, 11) is 1.84. The number of hydrogen-bond acceptors (Lipinski definition) is 3. The molecule has 0 saturated carbocycles. The number of fused-ring (bicyclic) bond motifs is 1. The first kappa shape index (κ1) is 11.7. The van der Waals surface area contributed by atoms with E-state index in [1.807, 2.05) is 11.9 Å². The number of nitrogens with one attached hydrogen (secondary N) is 1. The maximum atomic E-state index is 12.6. The van der Waals surface area contributed by atoms with Gasteiger partial charge < -0.3 is 10.2 Å². The first-order valence-electron chi connectivity index (χ1n) is 6.51. The Balaban J connectivity index is 1.87. The average Bonchev–Trinajstić information content (AvgIpc) is 2.96. The molecule has 0 aromatic carbocycles. The number of aryl methyl sites for hydroxylation is 1. The smallest absolute Gasteiger partial charge is 0.257 e. The quantitative estimate of drug-likeness (QED) is 0.787. The van der Waals surface area contributed by atoms with E-state index in [1.165, 1.54) is 0 Å². The number of aromatic nitrogens is 2. The lowest BCUT2D eigenvalue weighted by Crippen LogP contribution is -2.47. The van der Waals surface area contributed by atoms with Crippen LogP contribution in [0, 0.1) is 11.8 Å². The summed E-state index contributed by atoms with van der Waals surface area (Å²) < 4.78 is 1.68. The van der Waals surface area contributed by atoms with E-state index in [0.29, 0.717) is 17.4 Å². The molecule has 98 valence electrons. The summed E-state index contributed by atoms with van der Waals surface area (Å²) in [5.41, 5.74) is 0.625. The zero-order chi connectivity index (χ0) is 12.9. The van der Waals surface area contributed by atoms with E-state index in [1.54, 1.807) is 17.1 Å². The highest BCUT2D eigenvalue weighted by Crippen LogP contribution is 2.41. The monoisotopic (exact) mass is 248 g/mol. The molecule has 5 nitrogen and oxygen atoms in total. The number of carbonyl (C=O) groups excluding carboxylic acids is 1. The SMILES string of the molecule is Cn1cc(C(=O)N2CC3CNCC3C2(C)C)cn1. The van der Waals surface area contributed by atoms with Crippen molar-refractivity contribution in [1.82, 2.24) is 20.0 Å². The molecule has 2 aliphatic heterocycles. The molecule has 0 spiro atoms. The first-order chi connectivity index (χ1) is 8.50. The number of hydrogen-bond donors (Lipinski definition) is 1. The van der Waals surface area contributed by atoms with Crippen molar-refractivity contribution in [3.8, 4) is 0 Å². The molecule has 0 aliphatic carbocycles. The van der Waals surface area contributed by atoms with Gasteiger partial charge in [-0.15, -0.1) is 0 Å². The van der Waals surface area contributed by atoms with Crippen LogP contribution in [0.3, 0.4) is 0 Å². The highest BCUT2D eigenvalue weighted by atomic mass is 16.2. The molecule has 5 heteroatoms. The largest absolute Gasteiger partial charge is 0.333 e. The lowest BCUT2D eigenvalue weighted by atomic mass is 9.85. The van der Waals surface area contributed by atoms with E-state index in [0.717, 1.165) is 19.6 Å². The molecule has 3 heterocycles. The molecular formula is C13H20N4O. The second-order valence-corrected chi connectivity index (χ2v) is 6.00. The van der Waals surface area contributed by atoms with Gasteiger partial charge in [-0.1, -0.05) is 0 Å². The molecule has 0 bridgehead atoms. The summed E-state index contributed by atoms with van der Waals surface area (Å²) in [6.45, 7) is 7.27. The molecule has 1 amide bonds. The van der Waals surface area contributed by atoms with Crippen molar-refractivity contribution in [3.05, 3.63) is 18.0 Å². The van der Waals surface area contributed by atoms with Crippen LogP contribution in [0.2, 0.25) is 0 Å². The summed E-state index contributed by atoms with van der Waals surface area (Å²) in [6.07, 6.45) is 3.45. The van der Waals surface area contributed by atoms with Crippen LogP contribution in [-0.2, 0) is 7.05 Å². The lowest BCUT2D eigenvalue weighted by Gasteiger charge is -2.35. The van der Waals surface area contributed by atoms with Gasteiger partial charge in [-0.2, -0.15) is 5.10 Å². The minimum Gasteiger partial charge on any atom is -0.333 e. The van der Waals surface area contributed by atoms with E-state index in [4.69, 9.17) is 0 Å². The normalized spacial score (nSPS) is 29.6. The van der Waals surface area contributed by atoms with Crippen molar-refractivity contribution in [2.45, 2.75) is 19.4 Å². The molecule has 2 saturated heterocycles. The lowest BCUT2D eigenvalue weighted by molar-refractivity contribution is 0.0603. The molecule has 2 aliphatic rings. The highest BCUT2D eigenvalue weighted by Gasteiger charge is 2.51. The van der Waals surface area contributed by atoms with Crippen LogP contribution in [0.1, 0.15) is 24.2 Å². The maximum Gasteiger partial charge on any atom is 0.257 e. The molecule has 18 heavy (non-hydrogen) atoms. The standard InChI is InChI=1S/C13H20N4O/c1-13(2)11-6-14-4-9(11)8-17(13)12(18)10-5-15-16(3)7-10/h5,7,9,11,14H,4,6,8H2,1-3H3. The van der Waals surface area contributed by atoms with E-state index in [2.05, 4.69) is 24.3 Å². The van der Waals surface area contributed by atoms with Crippen LogP contribution in [-0.4, -0.2) is 45.8 Å². The predicted octanol–water partition coefficient (Wildman–Crippen LogP) is 0.490. The van der Waals surface area contributed by atoms with Crippen molar-refractivity contribution < 1.29 is 4.79 Å². The molecule has 1 N–H and O–H groups in total. The van der Waals surface area contributed by atoms with E-state index in [-0.39, 0.29) is 11.4 Å². The van der Waals surface area contributed by atoms with Gasteiger partial charge in [0.2, 0.25) is 0 Å². The fourth-order valence-corrected chi connectivity index (χ4v) is 3.45. The van der Waals surface area contributed by atoms with Gasteiger partial charge in [-0.05, 0) is 25.7 Å². The van der Waals surface area contributed by atoms with Crippen molar-refractivity contribution in [2.24, 2.45) is 18.9 Å². The molecular weight excluding hydrogens is 228 g/mol. The van der Waals surface area contributed by atoms with Crippen LogP contribution < -0.4 is 5.32 Å². The Labute approximate surface area is 107 Å². The van der Waals surface area contributed by atoms with Gasteiger partial charge in [-0.3, -0.25) is 9.48 Å². The first-order valence-corrected chi connectivity index (χ1v) is 6.51.